The molecule has 0 unspecified atom stereocenters. The van der Waals surface area contributed by atoms with Crippen molar-refractivity contribution < 1.29 is 14.5 Å². The Balaban J connectivity index is 1.58. The van der Waals surface area contributed by atoms with E-state index in [1.807, 2.05) is 24.3 Å². The molecule has 8 heteroatoms. The summed E-state index contributed by atoms with van der Waals surface area (Å²) in [7, 11) is 0. The maximum Gasteiger partial charge on any atom is 0.314 e. The molecule has 0 atom stereocenters. The van der Waals surface area contributed by atoms with E-state index >= 15 is 0 Å². The fraction of sp³-hybridized carbons (Fsp3) is 0.250. The lowest BCUT2D eigenvalue weighted by Gasteiger charge is -2.09. The third-order valence-corrected chi connectivity index (χ3v) is 3.76. The Morgan fingerprint density at radius 3 is 2.36 bits per heavy atom. The van der Waals surface area contributed by atoms with Gasteiger partial charge in [-0.05, 0) is 36.2 Å². The van der Waals surface area contributed by atoms with Crippen molar-refractivity contribution in [2.45, 2.75) is 6.42 Å². The molecule has 0 aliphatic heterocycles. The molecular formula is C20H22N4O4. The fourth-order valence-electron chi connectivity index (χ4n) is 2.34. The summed E-state index contributed by atoms with van der Waals surface area (Å²) in [6.45, 7) is 1.67. The van der Waals surface area contributed by atoms with Gasteiger partial charge in [0.15, 0.2) is 0 Å². The monoisotopic (exact) mass is 382 g/mol. The van der Waals surface area contributed by atoms with Crippen LogP contribution in [0.25, 0.3) is 0 Å². The normalized spacial score (nSPS) is 9.82. The van der Waals surface area contributed by atoms with Crippen LogP contribution in [-0.2, 0) is 6.42 Å². The van der Waals surface area contributed by atoms with Gasteiger partial charge in [-0.15, -0.1) is 6.42 Å². The highest BCUT2D eigenvalue weighted by Gasteiger charge is 2.04. The number of non-ortho nitro benzene ring substituents is 1. The third kappa shape index (κ3) is 7.25. The molecule has 0 fully saturated rings. The molecule has 8 nitrogen and oxygen atoms in total. The molecule has 0 radical (unpaired) electrons. The summed E-state index contributed by atoms with van der Waals surface area (Å²) in [5.41, 5.74) is 1.87. The minimum Gasteiger partial charge on any atom is -0.481 e. The Bertz CT molecular complexity index is 814. The molecule has 0 saturated carbocycles. The Kier molecular flexibility index (Phi) is 8.15. The molecule has 28 heavy (non-hydrogen) atoms. The van der Waals surface area contributed by atoms with E-state index < -0.39 is 4.92 Å². The number of amides is 2. The van der Waals surface area contributed by atoms with Gasteiger partial charge in [0, 0.05) is 37.5 Å². The number of hydrogen-bond acceptors (Lipinski definition) is 5. The number of anilines is 1. The van der Waals surface area contributed by atoms with Crippen molar-refractivity contribution in [3.05, 3.63) is 64.2 Å². The third-order valence-electron chi connectivity index (χ3n) is 3.76. The van der Waals surface area contributed by atoms with Gasteiger partial charge in [0.25, 0.3) is 5.69 Å². The van der Waals surface area contributed by atoms with Crippen LogP contribution in [0.1, 0.15) is 5.56 Å². The highest BCUT2D eigenvalue weighted by atomic mass is 16.6. The number of terminal acetylenes is 1. The van der Waals surface area contributed by atoms with E-state index in [4.69, 9.17) is 11.2 Å². The minimum atomic E-state index is -0.447. The number of urea groups is 1. The number of hydrogen-bond donors (Lipinski definition) is 3. The number of nitrogens with one attached hydrogen (secondary N) is 3. The molecule has 0 heterocycles. The van der Waals surface area contributed by atoms with Crippen LogP contribution >= 0.6 is 0 Å². The largest absolute Gasteiger partial charge is 0.481 e. The van der Waals surface area contributed by atoms with Crippen molar-refractivity contribution in [1.29, 1.82) is 0 Å². The summed E-state index contributed by atoms with van der Waals surface area (Å²) < 4.78 is 5.30. The molecule has 0 spiro atoms. The topological polar surface area (TPSA) is 106 Å². The molecular weight excluding hydrogens is 360 g/mol. The number of nitro benzene ring substituents is 1. The average Bonchev–Trinajstić information content (AvgIpc) is 2.71. The molecule has 2 aromatic rings. The highest BCUT2D eigenvalue weighted by molar-refractivity contribution is 5.73. The molecule has 2 rings (SSSR count). The number of carbonyl (C=O) groups excluding carboxylic acids is 1. The Labute approximate surface area is 163 Å². The zero-order valence-corrected chi connectivity index (χ0v) is 15.3. The molecule has 146 valence electrons. The lowest BCUT2D eigenvalue weighted by Crippen LogP contribution is -2.38. The van der Waals surface area contributed by atoms with Crippen molar-refractivity contribution in [2.24, 2.45) is 0 Å². The van der Waals surface area contributed by atoms with E-state index in [0.717, 1.165) is 11.3 Å². The zero-order chi connectivity index (χ0) is 20.2. The molecule has 0 aliphatic rings. The molecule has 2 amide bonds. The Morgan fingerprint density at radius 1 is 1.04 bits per heavy atom. The second-order valence-electron chi connectivity index (χ2n) is 5.80. The van der Waals surface area contributed by atoms with E-state index in [1.165, 1.54) is 12.1 Å². The van der Waals surface area contributed by atoms with Crippen LogP contribution in [0.4, 0.5) is 16.2 Å². The SMILES string of the molecule is C#CCOc1ccc(CCNC(=O)NCCNc2ccc([N+](=O)[O-])cc2)cc1. The van der Waals surface area contributed by atoms with Crippen LogP contribution in [0.5, 0.6) is 5.75 Å². The van der Waals surface area contributed by atoms with Crippen molar-refractivity contribution in [3.8, 4) is 18.1 Å². The van der Waals surface area contributed by atoms with E-state index in [9.17, 15) is 14.9 Å². The zero-order valence-electron chi connectivity index (χ0n) is 15.3. The van der Waals surface area contributed by atoms with E-state index in [0.29, 0.717) is 31.8 Å². The molecule has 0 aromatic heterocycles. The summed E-state index contributed by atoms with van der Waals surface area (Å²) in [5, 5.41) is 19.2. The van der Waals surface area contributed by atoms with Crippen LogP contribution in [0.15, 0.2) is 48.5 Å². The Hall–Kier alpha value is -3.73. The van der Waals surface area contributed by atoms with Gasteiger partial charge in [-0.3, -0.25) is 10.1 Å². The van der Waals surface area contributed by atoms with Crippen LogP contribution in [0.3, 0.4) is 0 Å². The first kappa shape index (κ1) is 20.6. The Morgan fingerprint density at radius 2 is 1.71 bits per heavy atom. The van der Waals surface area contributed by atoms with E-state index in [2.05, 4.69) is 21.9 Å². The fourth-order valence-corrected chi connectivity index (χ4v) is 2.34. The summed E-state index contributed by atoms with van der Waals surface area (Å²) in [5.74, 6) is 3.12. The van der Waals surface area contributed by atoms with Gasteiger partial charge < -0.3 is 20.7 Å². The van der Waals surface area contributed by atoms with Crippen LogP contribution in [0, 0.1) is 22.5 Å². The predicted octanol–water partition coefficient (Wildman–Crippen LogP) is 2.56. The second kappa shape index (κ2) is 11.1. The quantitative estimate of drug-likeness (QED) is 0.253. The number of benzene rings is 2. The van der Waals surface area contributed by atoms with Gasteiger partial charge in [-0.2, -0.15) is 0 Å². The summed E-state index contributed by atoms with van der Waals surface area (Å²) in [6.07, 6.45) is 5.84. The lowest BCUT2D eigenvalue weighted by molar-refractivity contribution is -0.384. The van der Waals surface area contributed by atoms with Crippen LogP contribution < -0.4 is 20.7 Å². The van der Waals surface area contributed by atoms with Crippen LogP contribution in [-0.4, -0.2) is 37.2 Å². The minimum absolute atomic E-state index is 0.0396. The predicted molar refractivity (Wildman–Crippen MR) is 107 cm³/mol. The molecule has 0 aliphatic carbocycles. The molecule has 0 bridgehead atoms. The first-order valence-electron chi connectivity index (χ1n) is 8.73. The van der Waals surface area contributed by atoms with E-state index in [-0.39, 0.29) is 18.3 Å². The van der Waals surface area contributed by atoms with Gasteiger partial charge in [0.05, 0.1) is 4.92 Å². The average molecular weight is 382 g/mol. The number of rotatable bonds is 10. The van der Waals surface area contributed by atoms with Gasteiger partial charge >= 0.3 is 6.03 Å². The number of ether oxygens (including phenoxy) is 1. The molecule has 0 saturated heterocycles. The van der Waals surface area contributed by atoms with Gasteiger partial charge in [-0.25, -0.2) is 4.79 Å². The van der Waals surface area contributed by atoms with Gasteiger partial charge in [-0.1, -0.05) is 18.1 Å². The van der Waals surface area contributed by atoms with Crippen molar-refractivity contribution in [1.82, 2.24) is 10.6 Å². The van der Waals surface area contributed by atoms with Crippen LogP contribution in [0.2, 0.25) is 0 Å². The second-order valence-corrected chi connectivity index (χ2v) is 5.80. The summed E-state index contributed by atoms with van der Waals surface area (Å²) in [6, 6.07) is 13.4. The summed E-state index contributed by atoms with van der Waals surface area (Å²) >= 11 is 0. The van der Waals surface area contributed by atoms with Gasteiger partial charge in [0.1, 0.15) is 12.4 Å². The summed E-state index contributed by atoms with van der Waals surface area (Å²) in [4.78, 5) is 21.9. The first-order chi connectivity index (χ1) is 13.6. The standard InChI is InChI=1S/C20H22N4O4/c1-2-15-28-19-9-3-16(4-10-19)11-12-22-20(25)23-14-13-21-17-5-7-18(8-6-17)24(26)27/h1,3-10,21H,11-15H2,(H2,22,23,25). The highest BCUT2D eigenvalue weighted by Crippen LogP contribution is 2.15. The first-order valence-corrected chi connectivity index (χ1v) is 8.73. The lowest BCUT2D eigenvalue weighted by atomic mass is 10.1. The maximum atomic E-state index is 11.8. The number of nitrogens with zero attached hydrogens (tertiary/aromatic N) is 1. The van der Waals surface area contributed by atoms with Gasteiger partial charge in [0.2, 0.25) is 0 Å². The number of carbonyl (C=O) groups is 1. The van der Waals surface area contributed by atoms with E-state index in [1.54, 1.807) is 12.1 Å². The number of nitro groups is 1. The van der Waals surface area contributed by atoms with Crippen molar-refractivity contribution in [3.63, 3.8) is 0 Å². The molecule has 3 N–H and O–H groups in total. The van der Waals surface area contributed by atoms with Crippen molar-refractivity contribution in [2.75, 3.05) is 31.6 Å². The smallest absolute Gasteiger partial charge is 0.314 e. The maximum absolute atomic E-state index is 11.8. The molecule has 2 aromatic carbocycles. The van der Waals surface area contributed by atoms with Crippen molar-refractivity contribution >= 4 is 17.4 Å².